The Balaban J connectivity index is 3.04. The first-order valence-corrected chi connectivity index (χ1v) is 1.17. The van der Waals surface area contributed by atoms with E-state index in [0.29, 0.717) is 0 Å². The van der Waals surface area contributed by atoms with Gasteiger partial charge in [0.25, 0.3) is 0 Å². The average molecular weight is 71.1 g/mol. The summed E-state index contributed by atoms with van der Waals surface area (Å²) in [6, 6.07) is 0. The lowest BCUT2D eigenvalue weighted by molar-refractivity contribution is 0.940. The van der Waals surface area contributed by atoms with Crippen molar-refractivity contribution in [2.75, 3.05) is 0 Å². The van der Waals surface area contributed by atoms with Crippen LogP contribution in [0.4, 0.5) is 0 Å². The second kappa shape index (κ2) is 0.839. The quantitative estimate of drug-likeness (QED) is 0.460. The summed E-state index contributed by atoms with van der Waals surface area (Å²) >= 11 is 0. The molecule has 1 aromatic rings. The molecule has 3 nitrogen and oxygen atoms in total. The standard InChI is InChI=1S/C2H3N3/c1-2-4-5-3-1/h1-2H,(H,3,4,5)/i1D/hD. The molecule has 0 bridgehead atoms. The molecule has 0 aliphatic heterocycles. The zero-order valence-electron chi connectivity index (χ0n) is 4.42. The fourth-order valence-electron chi connectivity index (χ4n) is 0.129. The van der Waals surface area contributed by atoms with Crippen LogP contribution in [0.1, 0.15) is 1.37 Å². The van der Waals surface area contributed by atoms with Gasteiger partial charge in [0.2, 0.25) is 0 Å². The van der Waals surface area contributed by atoms with Crippen molar-refractivity contribution in [2.45, 2.75) is 0 Å². The van der Waals surface area contributed by atoms with Crippen molar-refractivity contribution in [3.05, 3.63) is 12.4 Å². The molecule has 0 amide bonds. The van der Waals surface area contributed by atoms with E-state index < -0.39 is 0 Å². The van der Waals surface area contributed by atoms with Gasteiger partial charge in [-0.15, -0.1) is 5.10 Å². The second-order valence-electron chi connectivity index (χ2n) is 0.563. The summed E-state index contributed by atoms with van der Waals surface area (Å²) in [6.07, 6.45) is 1.22. The zero-order valence-corrected chi connectivity index (χ0v) is 2.42. The SMILES string of the molecule is [2H]c1cn([2H])nn1. The Hall–Kier alpha value is -0.860. The number of nitrogens with zero attached hydrogens (tertiary/aromatic N) is 2. The molecule has 26 valence electrons. The summed E-state index contributed by atoms with van der Waals surface area (Å²) in [7, 11) is 0. The van der Waals surface area contributed by atoms with Gasteiger partial charge in [0.1, 0.15) is 0 Å². The first-order valence-electron chi connectivity index (χ1n) is 2.12. The molecule has 0 saturated carbocycles. The lowest BCUT2D eigenvalue weighted by Crippen LogP contribution is -1.61. The maximum absolute atomic E-state index is 6.70. The van der Waals surface area contributed by atoms with E-state index in [1.165, 1.54) is 6.20 Å². The number of aromatic nitrogens is 3. The van der Waals surface area contributed by atoms with Gasteiger partial charge >= 0.3 is 0 Å². The van der Waals surface area contributed by atoms with Gasteiger partial charge in [-0.25, -0.2) is 0 Å². The minimum atomic E-state index is 0.0231. The monoisotopic (exact) mass is 71.0 g/mol. The van der Waals surface area contributed by atoms with Crippen LogP contribution in [0.5, 0.6) is 0 Å². The van der Waals surface area contributed by atoms with Crippen molar-refractivity contribution in [1.29, 1.82) is 0 Å². The Bertz CT molecular complexity index is 143. The summed E-state index contributed by atoms with van der Waals surface area (Å²) in [5.74, 6) is 0. The second-order valence-corrected chi connectivity index (χ2v) is 0.563. The normalized spacial score (nSPS) is 13.6. The molecule has 0 unspecified atom stereocenters. The lowest BCUT2D eigenvalue weighted by atomic mass is 11.0. The molecule has 0 aliphatic carbocycles. The molecule has 1 N–H and O–H groups in total. The molecule has 0 spiro atoms. The number of nitrogens with one attached hydrogen (secondary N) is 1. The largest absolute Gasteiger partial charge is 0.266 e. The Kier molecular flexibility index (Phi) is 0.182. The van der Waals surface area contributed by atoms with Crippen LogP contribution < -0.4 is 0 Å². The van der Waals surface area contributed by atoms with Crippen LogP contribution in [0.3, 0.4) is 0 Å². The number of H-pyrrole nitrogens is 1. The fraction of sp³-hybridized carbons (Fsp3) is 0. The average Bonchev–Trinajstić information content (AvgIpc) is 1.87. The van der Waals surface area contributed by atoms with Gasteiger partial charge in [0, 0.05) is 6.20 Å². The van der Waals surface area contributed by atoms with Gasteiger partial charge in [-0.3, -0.25) is 5.09 Å². The lowest BCUT2D eigenvalue weighted by Gasteiger charge is -1.46. The van der Waals surface area contributed by atoms with Crippen LogP contribution in [-0.2, 0) is 0 Å². The molecule has 0 fully saturated rings. The summed E-state index contributed by atoms with van der Waals surface area (Å²) in [5, 5.41) is 7.11. The summed E-state index contributed by atoms with van der Waals surface area (Å²) in [4.78, 5) is 0. The van der Waals surface area contributed by atoms with Crippen LogP contribution in [0.25, 0.3) is 0 Å². The zero-order chi connectivity index (χ0) is 5.28. The van der Waals surface area contributed by atoms with E-state index in [1.54, 1.807) is 0 Å². The molecule has 1 aromatic heterocycles. The van der Waals surface area contributed by atoms with E-state index >= 15 is 0 Å². The molecule has 1 heterocycles. The third-order valence-corrected chi connectivity index (χ3v) is 0.270. The first kappa shape index (κ1) is 1.08. The van der Waals surface area contributed by atoms with Crippen LogP contribution in [0.15, 0.2) is 12.4 Å². The van der Waals surface area contributed by atoms with Crippen molar-refractivity contribution in [3.63, 3.8) is 0 Å². The van der Waals surface area contributed by atoms with Crippen LogP contribution in [0, 0.1) is 0 Å². The van der Waals surface area contributed by atoms with Crippen molar-refractivity contribution in [2.24, 2.45) is 0 Å². The van der Waals surface area contributed by atoms with Crippen LogP contribution in [-0.4, -0.2) is 15.4 Å². The van der Waals surface area contributed by atoms with Gasteiger partial charge in [-0.05, 0) is 0 Å². The maximum atomic E-state index is 6.70. The smallest absolute Gasteiger partial charge is 0.191 e. The van der Waals surface area contributed by atoms with Gasteiger partial charge in [-0.2, -0.15) is 0 Å². The van der Waals surface area contributed by atoms with E-state index in [1.807, 2.05) is 0 Å². The molecule has 5 heavy (non-hydrogen) atoms. The molecule has 3 heteroatoms. The van der Waals surface area contributed by atoms with E-state index in [-0.39, 0.29) is 6.17 Å². The molecule has 1 rings (SSSR count). The molecule has 0 aliphatic rings. The predicted octanol–water partition coefficient (Wildman–Crippen LogP) is -0.195. The van der Waals surface area contributed by atoms with E-state index in [4.69, 9.17) is 2.78 Å². The highest BCUT2D eigenvalue weighted by atomic mass is 15.3. The fourth-order valence-corrected chi connectivity index (χ4v) is 0.129. The van der Waals surface area contributed by atoms with Crippen molar-refractivity contribution < 1.29 is 2.78 Å². The van der Waals surface area contributed by atoms with Crippen molar-refractivity contribution in [3.8, 4) is 0 Å². The topological polar surface area (TPSA) is 41.6 Å². The molecule has 0 saturated heterocycles. The summed E-state index contributed by atoms with van der Waals surface area (Å²) in [5.41, 5.74) is 0. The predicted molar refractivity (Wildman–Crippen MR) is 16.4 cm³/mol. The molecule has 0 atom stereocenters. The van der Waals surface area contributed by atoms with Gasteiger partial charge in [0.05, 0.1) is 7.54 Å². The van der Waals surface area contributed by atoms with Crippen molar-refractivity contribution in [1.82, 2.24) is 15.4 Å². The minimum Gasteiger partial charge on any atom is -0.266 e. The summed E-state index contributed by atoms with van der Waals surface area (Å²) < 4.78 is 13.3. The minimum absolute atomic E-state index is 0.0231. The number of aromatic amines is 1. The van der Waals surface area contributed by atoms with Gasteiger partial charge < -0.3 is 0 Å². The first-order chi connectivity index (χ1) is 3.29. The maximum Gasteiger partial charge on any atom is 0.191 e. The highest BCUT2D eigenvalue weighted by Crippen LogP contribution is 1.55. The van der Waals surface area contributed by atoms with Crippen LogP contribution >= 0.6 is 0 Å². The Morgan fingerprint density at radius 2 is 3.20 bits per heavy atom. The Morgan fingerprint density at radius 1 is 2.20 bits per heavy atom. The highest BCUT2D eigenvalue weighted by molar-refractivity contribution is 4.54. The molecule has 0 radical (unpaired) electrons. The number of rotatable bonds is 0. The van der Waals surface area contributed by atoms with Crippen molar-refractivity contribution >= 4 is 0 Å². The van der Waals surface area contributed by atoms with Gasteiger partial charge in [-0.1, -0.05) is 5.21 Å². The van der Waals surface area contributed by atoms with Crippen LogP contribution in [0.2, 0.25) is 1.41 Å². The highest BCUT2D eigenvalue weighted by Gasteiger charge is 1.57. The molecule has 0 aromatic carbocycles. The number of hydrogen-bond donors (Lipinski definition) is 1. The Morgan fingerprint density at radius 3 is 3.40 bits per heavy atom. The number of hydrogen-bond acceptors (Lipinski definition) is 2. The van der Waals surface area contributed by atoms with Gasteiger partial charge in [0.15, 0.2) is 1.41 Å². The third kappa shape index (κ3) is 0.238. The Labute approximate surface area is 31.9 Å². The van der Waals surface area contributed by atoms with E-state index in [0.717, 1.165) is 5.09 Å². The third-order valence-electron chi connectivity index (χ3n) is 0.270. The molecular weight excluding hydrogens is 66.0 g/mol. The van der Waals surface area contributed by atoms with E-state index in [9.17, 15) is 0 Å². The van der Waals surface area contributed by atoms with E-state index in [2.05, 4.69) is 10.3 Å². The summed E-state index contributed by atoms with van der Waals surface area (Å²) in [6.45, 7) is 0. The molecular formula is C2H3N3.